The molecule has 0 radical (unpaired) electrons. The minimum atomic E-state index is -3.66. The first-order valence-corrected chi connectivity index (χ1v) is 15.0. The number of rotatable bonds is 10. The van der Waals surface area contributed by atoms with Gasteiger partial charge in [0.2, 0.25) is 11.8 Å². The van der Waals surface area contributed by atoms with Gasteiger partial charge in [-0.2, -0.15) is 0 Å². The summed E-state index contributed by atoms with van der Waals surface area (Å²) in [5.41, 5.74) is 1.76. The highest BCUT2D eigenvalue weighted by Gasteiger charge is 2.35. The summed E-state index contributed by atoms with van der Waals surface area (Å²) >= 11 is 0. The minimum Gasteiger partial charge on any atom is -0.352 e. The molecule has 7 nitrogen and oxygen atoms in total. The van der Waals surface area contributed by atoms with Crippen molar-refractivity contribution in [1.29, 1.82) is 0 Å². The van der Waals surface area contributed by atoms with Crippen molar-refractivity contribution in [3.8, 4) is 0 Å². The van der Waals surface area contributed by atoms with E-state index in [9.17, 15) is 18.0 Å². The van der Waals surface area contributed by atoms with E-state index in [-0.39, 0.29) is 30.8 Å². The average molecular weight is 534 g/mol. The summed E-state index contributed by atoms with van der Waals surface area (Å²) in [6, 6.07) is 20.4. The summed E-state index contributed by atoms with van der Waals surface area (Å²) < 4.78 is 28.0. The van der Waals surface area contributed by atoms with Gasteiger partial charge in [0, 0.05) is 30.9 Å². The van der Waals surface area contributed by atoms with Crippen LogP contribution in [0.4, 0.5) is 5.69 Å². The van der Waals surface area contributed by atoms with Crippen molar-refractivity contribution in [1.82, 2.24) is 10.2 Å². The zero-order chi connectivity index (χ0) is 26.7. The number of hydrogen-bond acceptors (Lipinski definition) is 4. The molecule has 1 atom stereocenters. The zero-order valence-corrected chi connectivity index (χ0v) is 22.6. The lowest BCUT2D eigenvalue weighted by molar-refractivity contribution is -0.140. The monoisotopic (exact) mass is 533 g/mol. The van der Waals surface area contributed by atoms with E-state index in [1.165, 1.54) is 4.31 Å². The molecule has 0 spiro atoms. The van der Waals surface area contributed by atoms with Crippen LogP contribution in [0.5, 0.6) is 0 Å². The number of anilines is 1. The van der Waals surface area contributed by atoms with Crippen LogP contribution in [0.1, 0.15) is 51.0 Å². The SMILES string of the molecule is CC(C(=O)NC1CCCC1)N(CCc1ccccc1)C(=O)CCCN1c2cccc3cccc(c23)S1(=O)=O. The number of carbonyl (C=O) groups is 2. The predicted molar refractivity (Wildman–Crippen MR) is 149 cm³/mol. The third kappa shape index (κ3) is 5.27. The summed E-state index contributed by atoms with van der Waals surface area (Å²) in [6.07, 6.45) is 5.37. The van der Waals surface area contributed by atoms with E-state index in [0.717, 1.165) is 42.0 Å². The molecular formula is C30H35N3O4S. The maximum atomic E-state index is 13.5. The second kappa shape index (κ2) is 11.2. The number of carbonyl (C=O) groups excluding carboxylic acids is 2. The Kier molecular flexibility index (Phi) is 7.70. The Hall–Kier alpha value is -3.39. The van der Waals surface area contributed by atoms with Crippen molar-refractivity contribution in [2.45, 2.75) is 68.8 Å². The normalized spacial score (nSPS) is 17.0. The third-order valence-electron chi connectivity index (χ3n) is 7.79. The van der Waals surface area contributed by atoms with Crippen LogP contribution in [0.3, 0.4) is 0 Å². The van der Waals surface area contributed by atoms with Crippen LogP contribution in [0.15, 0.2) is 71.6 Å². The number of amides is 2. The molecule has 1 saturated carbocycles. The molecule has 2 amide bonds. The highest BCUT2D eigenvalue weighted by molar-refractivity contribution is 7.93. The largest absolute Gasteiger partial charge is 0.352 e. The predicted octanol–water partition coefficient (Wildman–Crippen LogP) is 4.65. The Morgan fingerprint density at radius 2 is 1.71 bits per heavy atom. The van der Waals surface area contributed by atoms with Gasteiger partial charge < -0.3 is 10.2 Å². The highest BCUT2D eigenvalue weighted by Crippen LogP contribution is 2.42. The molecule has 200 valence electrons. The fourth-order valence-corrected chi connectivity index (χ4v) is 7.43. The van der Waals surface area contributed by atoms with Gasteiger partial charge in [0.25, 0.3) is 10.0 Å². The summed E-state index contributed by atoms with van der Waals surface area (Å²) in [5.74, 6) is -0.259. The number of nitrogens with one attached hydrogen (secondary N) is 1. The Morgan fingerprint density at radius 1 is 1.00 bits per heavy atom. The summed E-state index contributed by atoms with van der Waals surface area (Å²) in [5, 5.41) is 4.75. The van der Waals surface area contributed by atoms with Gasteiger partial charge in [0.05, 0.1) is 10.6 Å². The molecule has 1 unspecified atom stereocenters. The van der Waals surface area contributed by atoms with Crippen LogP contribution < -0.4 is 9.62 Å². The van der Waals surface area contributed by atoms with Gasteiger partial charge in [-0.15, -0.1) is 0 Å². The van der Waals surface area contributed by atoms with Crippen LogP contribution >= 0.6 is 0 Å². The molecule has 1 heterocycles. The standard InChI is InChI=1S/C30H35N3O4S/c1-22(30(35)31-25-14-5-6-15-25)32(21-19-23-10-3-2-4-11-23)28(34)18-9-20-33-26-16-7-12-24-13-8-17-27(29(24)26)38(33,36)37/h2-4,7-8,10-13,16-17,22,25H,5-6,9,14-15,18-21H2,1H3,(H,31,35). The summed E-state index contributed by atoms with van der Waals surface area (Å²) in [6.45, 7) is 2.42. The molecule has 1 N–H and O–H groups in total. The first-order chi connectivity index (χ1) is 18.4. The first-order valence-electron chi connectivity index (χ1n) is 13.5. The molecular weight excluding hydrogens is 498 g/mol. The van der Waals surface area contributed by atoms with Gasteiger partial charge in [0.1, 0.15) is 6.04 Å². The number of hydrogen-bond donors (Lipinski definition) is 1. The molecule has 0 bridgehead atoms. The van der Waals surface area contributed by atoms with Gasteiger partial charge >= 0.3 is 0 Å². The van der Waals surface area contributed by atoms with E-state index >= 15 is 0 Å². The van der Waals surface area contributed by atoms with Crippen LogP contribution in [-0.4, -0.2) is 50.3 Å². The highest BCUT2D eigenvalue weighted by atomic mass is 32.2. The lowest BCUT2D eigenvalue weighted by Crippen LogP contribution is -2.50. The molecule has 1 aliphatic heterocycles. The van der Waals surface area contributed by atoms with Crippen LogP contribution in [0, 0.1) is 0 Å². The van der Waals surface area contributed by atoms with Crippen molar-refractivity contribution in [2.75, 3.05) is 17.4 Å². The van der Waals surface area contributed by atoms with E-state index in [4.69, 9.17) is 0 Å². The molecule has 1 aliphatic carbocycles. The van der Waals surface area contributed by atoms with Gasteiger partial charge in [-0.05, 0) is 55.7 Å². The second-order valence-corrected chi connectivity index (χ2v) is 12.1. The van der Waals surface area contributed by atoms with E-state index in [1.54, 1.807) is 24.0 Å². The number of benzene rings is 3. The Bertz CT molecular complexity index is 1410. The molecule has 5 rings (SSSR count). The van der Waals surface area contributed by atoms with Crippen molar-refractivity contribution >= 4 is 38.3 Å². The van der Waals surface area contributed by atoms with Gasteiger partial charge in [-0.1, -0.05) is 67.4 Å². The van der Waals surface area contributed by atoms with E-state index in [1.807, 2.05) is 54.6 Å². The molecule has 0 saturated heterocycles. The van der Waals surface area contributed by atoms with Gasteiger partial charge in [-0.3, -0.25) is 13.9 Å². The smallest absolute Gasteiger partial charge is 0.265 e. The lowest BCUT2D eigenvalue weighted by atomic mass is 10.1. The molecule has 2 aliphatic rings. The molecule has 1 fully saturated rings. The lowest BCUT2D eigenvalue weighted by Gasteiger charge is -2.30. The fourth-order valence-electron chi connectivity index (χ4n) is 5.68. The van der Waals surface area contributed by atoms with Crippen LogP contribution in [0.25, 0.3) is 10.8 Å². The van der Waals surface area contributed by atoms with Crippen molar-refractivity contribution in [3.63, 3.8) is 0 Å². The van der Waals surface area contributed by atoms with Crippen molar-refractivity contribution in [2.24, 2.45) is 0 Å². The summed E-state index contributed by atoms with van der Waals surface area (Å²) in [7, 11) is -3.66. The van der Waals surface area contributed by atoms with Crippen molar-refractivity contribution in [3.05, 3.63) is 72.3 Å². The fraction of sp³-hybridized carbons (Fsp3) is 0.400. The molecule has 3 aromatic rings. The quantitative estimate of drug-likeness (QED) is 0.411. The van der Waals surface area contributed by atoms with E-state index in [0.29, 0.717) is 30.0 Å². The number of sulfonamides is 1. The van der Waals surface area contributed by atoms with Gasteiger partial charge in [0.15, 0.2) is 0 Å². The molecule has 3 aromatic carbocycles. The van der Waals surface area contributed by atoms with E-state index < -0.39 is 16.1 Å². The number of nitrogens with zero attached hydrogens (tertiary/aromatic N) is 2. The second-order valence-electron chi connectivity index (χ2n) is 10.3. The van der Waals surface area contributed by atoms with E-state index in [2.05, 4.69) is 5.32 Å². The maximum Gasteiger partial charge on any atom is 0.265 e. The van der Waals surface area contributed by atoms with Gasteiger partial charge in [-0.25, -0.2) is 8.42 Å². The minimum absolute atomic E-state index is 0.123. The summed E-state index contributed by atoms with van der Waals surface area (Å²) in [4.78, 5) is 28.5. The first kappa shape index (κ1) is 26.2. The zero-order valence-electron chi connectivity index (χ0n) is 21.8. The van der Waals surface area contributed by atoms with Crippen LogP contribution in [0.2, 0.25) is 0 Å². The average Bonchev–Trinajstić information content (AvgIpc) is 3.51. The Labute approximate surface area is 224 Å². The molecule has 38 heavy (non-hydrogen) atoms. The molecule has 8 heteroatoms. The Balaban J connectivity index is 1.27. The topological polar surface area (TPSA) is 86.8 Å². The molecule has 0 aromatic heterocycles. The van der Waals surface area contributed by atoms with Crippen LogP contribution in [-0.2, 0) is 26.0 Å². The Morgan fingerprint density at radius 3 is 2.45 bits per heavy atom. The maximum absolute atomic E-state index is 13.5. The van der Waals surface area contributed by atoms with Crippen molar-refractivity contribution < 1.29 is 18.0 Å². The third-order valence-corrected chi connectivity index (χ3v) is 9.64.